The molecular formula is C28H28N2O6. The number of ether oxygens (including phenoxy) is 3. The lowest BCUT2D eigenvalue weighted by molar-refractivity contribution is -0.143. The van der Waals surface area contributed by atoms with Gasteiger partial charge in [-0.15, -0.1) is 0 Å². The maximum Gasteiger partial charge on any atom is 0.407 e. The standard InChI is InChI=1S/C28H28N2O6/c1-34-27(32)25(15-29-26(31)18-35-16-19-9-3-2-4-10-19)30-28(33)36-17-24-22-13-7-5-11-20(22)21-12-6-8-14-23(21)24/h2-14,24-25H,15-18H2,1H3,(H,29,31)(H,30,33)/t25-/m0/s1. The topological polar surface area (TPSA) is 103 Å². The number of methoxy groups -OCH3 is 1. The van der Waals surface area contributed by atoms with Gasteiger partial charge in [0.2, 0.25) is 5.91 Å². The van der Waals surface area contributed by atoms with Crippen molar-refractivity contribution in [2.75, 3.05) is 26.9 Å². The van der Waals surface area contributed by atoms with Crippen LogP contribution in [-0.4, -0.2) is 50.9 Å². The van der Waals surface area contributed by atoms with Gasteiger partial charge in [-0.25, -0.2) is 9.59 Å². The number of carbonyl (C=O) groups excluding carboxylic acids is 3. The molecule has 0 heterocycles. The summed E-state index contributed by atoms with van der Waals surface area (Å²) in [6.45, 7) is 0.0399. The monoisotopic (exact) mass is 488 g/mol. The van der Waals surface area contributed by atoms with Gasteiger partial charge in [0.1, 0.15) is 19.3 Å². The molecule has 1 aliphatic rings. The molecule has 2 amide bonds. The van der Waals surface area contributed by atoms with Crippen molar-refractivity contribution in [3.8, 4) is 11.1 Å². The van der Waals surface area contributed by atoms with Crippen LogP contribution in [0.3, 0.4) is 0 Å². The summed E-state index contributed by atoms with van der Waals surface area (Å²) in [7, 11) is 1.21. The average Bonchev–Trinajstić information content (AvgIpc) is 3.23. The van der Waals surface area contributed by atoms with Gasteiger partial charge in [0.05, 0.1) is 13.7 Å². The quantitative estimate of drug-likeness (QED) is 0.424. The first-order chi connectivity index (χ1) is 17.6. The molecule has 0 radical (unpaired) electrons. The molecule has 186 valence electrons. The van der Waals surface area contributed by atoms with Crippen molar-refractivity contribution in [2.24, 2.45) is 0 Å². The van der Waals surface area contributed by atoms with E-state index in [4.69, 9.17) is 14.2 Å². The summed E-state index contributed by atoms with van der Waals surface area (Å²) in [6, 6.07) is 24.4. The van der Waals surface area contributed by atoms with Crippen molar-refractivity contribution in [3.63, 3.8) is 0 Å². The number of alkyl carbamates (subject to hydrolysis) is 1. The number of hydrogen-bond donors (Lipinski definition) is 2. The number of carbonyl (C=O) groups is 3. The Kier molecular flexibility index (Phi) is 8.31. The predicted molar refractivity (Wildman–Crippen MR) is 133 cm³/mol. The Bertz CT molecular complexity index is 1170. The van der Waals surface area contributed by atoms with Gasteiger partial charge in [0.25, 0.3) is 0 Å². The highest BCUT2D eigenvalue weighted by Gasteiger charge is 2.30. The summed E-state index contributed by atoms with van der Waals surface area (Å²) in [5.74, 6) is -1.23. The summed E-state index contributed by atoms with van der Waals surface area (Å²) in [6.07, 6.45) is -0.776. The minimum atomic E-state index is -1.11. The van der Waals surface area contributed by atoms with Gasteiger partial charge in [-0.3, -0.25) is 4.79 Å². The molecule has 0 aliphatic heterocycles. The predicted octanol–water partition coefficient (Wildman–Crippen LogP) is 3.40. The number of nitrogens with one attached hydrogen (secondary N) is 2. The molecule has 3 aromatic carbocycles. The zero-order valence-corrected chi connectivity index (χ0v) is 19.9. The van der Waals surface area contributed by atoms with Crippen LogP contribution in [0.1, 0.15) is 22.6 Å². The number of amides is 2. The molecule has 4 rings (SSSR count). The molecule has 1 atom stereocenters. The van der Waals surface area contributed by atoms with Crippen molar-refractivity contribution < 1.29 is 28.6 Å². The average molecular weight is 489 g/mol. The lowest BCUT2D eigenvalue weighted by Gasteiger charge is -2.19. The van der Waals surface area contributed by atoms with E-state index in [1.54, 1.807) is 0 Å². The van der Waals surface area contributed by atoms with E-state index in [1.165, 1.54) is 7.11 Å². The third kappa shape index (κ3) is 6.09. The first kappa shape index (κ1) is 24.9. The number of rotatable bonds is 10. The van der Waals surface area contributed by atoms with Crippen molar-refractivity contribution in [3.05, 3.63) is 95.6 Å². The van der Waals surface area contributed by atoms with Gasteiger partial charge in [0.15, 0.2) is 0 Å². The van der Waals surface area contributed by atoms with Crippen LogP contribution in [0.2, 0.25) is 0 Å². The third-order valence-corrected chi connectivity index (χ3v) is 5.97. The van der Waals surface area contributed by atoms with Gasteiger partial charge < -0.3 is 24.8 Å². The van der Waals surface area contributed by atoms with Crippen molar-refractivity contribution in [1.29, 1.82) is 0 Å². The van der Waals surface area contributed by atoms with E-state index in [9.17, 15) is 14.4 Å². The van der Waals surface area contributed by atoms with Crippen LogP contribution in [0.5, 0.6) is 0 Å². The molecule has 2 N–H and O–H groups in total. The minimum absolute atomic E-state index is 0.105. The number of benzene rings is 3. The molecule has 1 aliphatic carbocycles. The second-order valence-corrected chi connectivity index (χ2v) is 8.33. The molecule has 0 spiro atoms. The van der Waals surface area contributed by atoms with E-state index in [-0.39, 0.29) is 32.3 Å². The number of hydrogen-bond acceptors (Lipinski definition) is 6. The van der Waals surface area contributed by atoms with Gasteiger partial charge >= 0.3 is 12.1 Å². The van der Waals surface area contributed by atoms with E-state index in [0.717, 1.165) is 27.8 Å². The third-order valence-electron chi connectivity index (χ3n) is 5.97. The van der Waals surface area contributed by atoms with E-state index in [2.05, 4.69) is 10.6 Å². The van der Waals surface area contributed by atoms with Crippen LogP contribution < -0.4 is 10.6 Å². The minimum Gasteiger partial charge on any atom is -0.467 e. The van der Waals surface area contributed by atoms with Crippen molar-refractivity contribution in [1.82, 2.24) is 10.6 Å². The normalized spacial score (nSPS) is 12.7. The highest BCUT2D eigenvalue weighted by Crippen LogP contribution is 2.44. The Morgan fingerprint density at radius 1 is 0.861 bits per heavy atom. The van der Waals surface area contributed by atoms with Crippen LogP contribution >= 0.6 is 0 Å². The first-order valence-electron chi connectivity index (χ1n) is 11.6. The lowest BCUT2D eigenvalue weighted by atomic mass is 9.98. The van der Waals surface area contributed by atoms with Crippen LogP contribution in [0, 0.1) is 0 Å². The summed E-state index contributed by atoms with van der Waals surface area (Å²) in [5, 5.41) is 5.06. The Morgan fingerprint density at radius 3 is 2.11 bits per heavy atom. The fourth-order valence-corrected chi connectivity index (χ4v) is 4.22. The largest absolute Gasteiger partial charge is 0.467 e. The number of esters is 1. The Hall–Kier alpha value is -4.17. The van der Waals surface area contributed by atoms with Crippen LogP contribution in [0.4, 0.5) is 4.79 Å². The maximum absolute atomic E-state index is 12.5. The van der Waals surface area contributed by atoms with Crippen LogP contribution in [0.25, 0.3) is 11.1 Å². The Morgan fingerprint density at radius 2 is 1.47 bits per heavy atom. The molecule has 0 bridgehead atoms. The fraction of sp³-hybridized carbons (Fsp3) is 0.250. The van der Waals surface area contributed by atoms with Gasteiger partial charge in [0, 0.05) is 12.5 Å². The number of fused-ring (bicyclic) bond motifs is 3. The summed E-state index contributed by atoms with van der Waals surface area (Å²) < 4.78 is 15.6. The summed E-state index contributed by atoms with van der Waals surface area (Å²) in [4.78, 5) is 36.9. The SMILES string of the molecule is COC(=O)[C@H](CNC(=O)COCc1ccccc1)NC(=O)OCC1c2ccccc2-c2ccccc21. The molecule has 0 fully saturated rings. The van der Waals surface area contributed by atoms with Crippen molar-refractivity contribution >= 4 is 18.0 Å². The molecular weight excluding hydrogens is 460 g/mol. The van der Waals surface area contributed by atoms with Crippen LogP contribution in [0.15, 0.2) is 78.9 Å². The molecule has 0 aromatic heterocycles. The molecule has 8 heteroatoms. The second kappa shape index (κ2) is 12.0. The molecule has 0 unspecified atom stereocenters. The zero-order chi connectivity index (χ0) is 25.3. The zero-order valence-electron chi connectivity index (χ0n) is 19.9. The molecule has 8 nitrogen and oxygen atoms in total. The second-order valence-electron chi connectivity index (χ2n) is 8.33. The lowest BCUT2D eigenvalue weighted by Crippen LogP contribution is -2.49. The Labute approximate surface area is 209 Å². The van der Waals surface area contributed by atoms with E-state index in [1.807, 2.05) is 78.9 Å². The molecule has 0 saturated carbocycles. The smallest absolute Gasteiger partial charge is 0.407 e. The van der Waals surface area contributed by atoms with Gasteiger partial charge in [-0.05, 0) is 27.8 Å². The summed E-state index contributed by atoms with van der Waals surface area (Å²) in [5.41, 5.74) is 5.34. The molecule has 3 aromatic rings. The fourth-order valence-electron chi connectivity index (χ4n) is 4.22. The van der Waals surface area contributed by atoms with Crippen LogP contribution in [-0.2, 0) is 30.4 Å². The molecule has 0 saturated heterocycles. The highest BCUT2D eigenvalue weighted by molar-refractivity contribution is 5.83. The van der Waals surface area contributed by atoms with Gasteiger partial charge in [-0.1, -0.05) is 78.9 Å². The maximum atomic E-state index is 12.5. The summed E-state index contributed by atoms with van der Waals surface area (Å²) >= 11 is 0. The highest BCUT2D eigenvalue weighted by atomic mass is 16.6. The van der Waals surface area contributed by atoms with E-state index in [0.29, 0.717) is 0 Å². The van der Waals surface area contributed by atoms with E-state index < -0.39 is 24.0 Å². The van der Waals surface area contributed by atoms with E-state index >= 15 is 0 Å². The van der Waals surface area contributed by atoms with Crippen molar-refractivity contribution in [2.45, 2.75) is 18.6 Å². The first-order valence-corrected chi connectivity index (χ1v) is 11.6. The van der Waals surface area contributed by atoms with Gasteiger partial charge in [-0.2, -0.15) is 0 Å². The molecule has 36 heavy (non-hydrogen) atoms. The Balaban J connectivity index is 1.28.